The summed E-state index contributed by atoms with van der Waals surface area (Å²) in [4.78, 5) is 22.6. The van der Waals surface area contributed by atoms with E-state index in [1.165, 1.54) is 12.7 Å². The highest BCUT2D eigenvalue weighted by Gasteiger charge is 2.39. The first-order valence-electron chi connectivity index (χ1n) is 8.90. The van der Waals surface area contributed by atoms with Crippen LogP contribution >= 0.6 is 0 Å². The second-order valence-electron chi connectivity index (χ2n) is 7.02. The Kier molecular flexibility index (Phi) is 4.18. The SMILES string of the molecule is COC(=O)c1ccc2c(c1C)N[C@H](c1ccc([N+](=O)[O-])cc1)[C@H]1CC=C[C@@H]21. The Morgan fingerprint density at radius 3 is 2.63 bits per heavy atom. The number of hydrogen-bond donors (Lipinski definition) is 1. The highest BCUT2D eigenvalue weighted by atomic mass is 16.6. The van der Waals surface area contributed by atoms with E-state index >= 15 is 0 Å². The van der Waals surface area contributed by atoms with Gasteiger partial charge in [0.05, 0.1) is 23.6 Å². The van der Waals surface area contributed by atoms with Gasteiger partial charge in [-0.3, -0.25) is 10.1 Å². The molecule has 138 valence electrons. The number of hydrogen-bond acceptors (Lipinski definition) is 5. The lowest BCUT2D eigenvalue weighted by Gasteiger charge is -2.38. The number of non-ortho nitro benzene ring substituents is 1. The zero-order valence-electron chi connectivity index (χ0n) is 15.1. The summed E-state index contributed by atoms with van der Waals surface area (Å²) in [6, 6.07) is 10.6. The fourth-order valence-corrected chi connectivity index (χ4v) is 4.28. The van der Waals surface area contributed by atoms with Gasteiger partial charge in [-0.2, -0.15) is 0 Å². The van der Waals surface area contributed by atoms with Crippen molar-refractivity contribution in [2.75, 3.05) is 12.4 Å². The van der Waals surface area contributed by atoms with Gasteiger partial charge in [0.15, 0.2) is 0 Å². The summed E-state index contributed by atoms with van der Waals surface area (Å²) in [7, 11) is 1.38. The highest BCUT2D eigenvalue weighted by Crippen LogP contribution is 2.51. The second-order valence-corrected chi connectivity index (χ2v) is 7.02. The van der Waals surface area contributed by atoms with E-state index in [4.69, 9.17) is 4.74 Å². The summed E-state index contributed by atoms with van der Waals surface area (Å²) in [6.45, 7) is 1.92. The molecule has 6 nitrogen and oxygen atoms in total. The topological polar surface area (TPSA) is 81.5 Å². The Labute approximate surface area is 157 Å². The minimum atomic E-state index is -0.389. The van der Waals surface area contributed by atoms with Gasteiger partial charge in [0, 0.05) is 23.7 Å². The Hall–Kier alpha value is -3.15. The van der Waals surface area contributed by atoms with Crippen molar-refractivity contribution < 1.29 is 14.5 Å². The summed E-state index contributed by atoms with van der Waals surface area (Å²) in [6.07, 6.45) is 5.35. The molecule has 6 heteroatoms. The standard InChI is InChI=1S/C21H20N2O4/c1-12-15(21(24)27-2)10-11-18-16-4-3-5-17(16)20(22-19(12)18)13-6-8-14(9-7-13)23(25)26/h3-4,6-11,16-17,20,22H,5H2,1-2H3/t16-,17+,20-/m1/s1. The van der Waals surface area contributed by atoms with Crippen molar-refractivity contribution in [3.8, 4) is 0 Å². The molecule has 1 aliphatic heterocycles. The van der Waals surface area contributed by atoms with E-state index in [1.54, 1.807) is 12.1 Å². The highest BCUT2D eigenvalue weighted by molar-refractivity contribution is 5.93. The average Bonchev–Trinajstić information content (AvgIpc) is 3.17. The molecule has 0 aromatic heterocycles. The van der Waals surface area contributed by atoms with Crippen molar-refractivity contribution in [1.82, 2.24) is 0 Å². The molecule has 1 N–H and O–H groups in total. The molecule has 0 fully saturated rings. The Bertz CT molecular complexity index is 949. The number of anilines is 1. The Morgan fingerprint density at radius 1 is 1.22 bits per heavy atom. The number of carbonyl (C=O) groups excluding carboxylic acids is 1. The number of nitrogens with one attached hydrogen (secondary N) is 1. The van der Waals surface area contributed by atoms with Crippen molar-refractivity contribution >= 4 is 17.3 Å². The molecule has 2 aromatic carbocycles. The number of methoxy groups -OCH3 is 1. The predicted molar refractivity (Wildman–Crippen MR) is 102 cm³/mol. The molecule has 0 bridgehead atoms. The third kappa shape index (κ3) is 2.77. The van der Waals surface area contributed by atoms with Crippen LogP contribution in [0.25, 0.3) is 0 Å². The van der Waals surface area contributed by atoms with E-state index in [9.17, 15) is 14.9 Å². The zero-order chi connectivity index (χ0) is 19.1. The van der Waals surface area contributed by atoms with Crippen LogP contribution in [0.3, 0.4) is 0 Å². The molecule has 1 aliphatic carbocycles. The Morgan fingerprint density at radius 2 is 1.96 bits per heavy atom. The fourth-order valence-electron chi connectivity index (χ4n) is 4.28. The van der Waals surface area contributed by atoms with Gasteiger partial charge in [0.25, 0.3) is 5.69 Å². The van der Waals surface area contributed by atoms with Gasteiger partial charge >= 0.3 is 5.97 Å². The van der Waals surface area contributed by atoms with Gasteiger partial charge in [-0.1, -0.05) is 30.4 Å². The van der Waals surface area contributed by atoms with Crippen LogP contribution in [0.1, 0.15) is 45.4 Å². The van der Waals surface area contributed by atoms with Gasteiger partial charge in [0.1, 0.15) is 0 Å². The average molecular weight is 364 g/mol. The van der Waals surface area contributed by atoms with Crippen LogP contribution in [0.15, 0.2) is 48.6 Å². The third-order valence-electron chi connectivity index (χ3n) is 5.67. The molecular weight excluding hydrogens is 344 g/mol. The lowest BCUT2D eigenvalue weighted by molar-refractivity contribution is -0.384. The smallest absolute Gasteiger partial charge is 0.338 e. The number of nitrogens with zero attached hydrogens (tertiary/aromatic N) is 1. The first kappa shape index (κ1) is 17.3. The van der Waals surface area contributed by atoms with Crippen LogP contribution in [0, 0.1) is 23.0 Å². The third-order valence-corrected chi connectivity index (χ3v) is 5.67. The van der Waals surface area contributed by atoms with Crippen molar-refractivity contribution in [2.45, 2.75) is 25.3 Å². The maximum Gasteiger partial charge on any atom is 0.338 e. The normalized spacial score (nSPS) is 22.5. The van der Waals surface area contributed by atoms with Crippen LogP contribution in [0.4, 0.5) is 11.4 Å². The molecule has 2 aliphatic rings. The summed E-state index contributed by atoms with van der Waals surface area (Å²) in [5.74, 6) is 0.238. The number of ether oxygens (including phenoxy) is 1. The molecule has 27 heavy (non-hydrogen) atoms. The second kappa shape index (κ2) is 6.54. The van der Waals surface area contributed by atoms with Crippen LogP contribution in [0.5, 0.6) is 0 Å². The van der Waals surface area contributed by atoms with Crippen molar-refractivity contribution in [2.24, 2.45) is 5.92 Å². The maximum absolute atomic E-state index is 12.1. The van der Waals surface area contributed by atoms with Gasteiger partial charge in [-0.05, 0) is 42.0 Å². The van der Waals surface area contributed by atoms with Gasteiger partial charge < -0.3 is 10.1 Å². The molecule has 0 saturated heterocycles. The molecule has 4 rings (SSSR count). The van der Waals surface area contributed by atoms with Crippen LogP contribution < -0.4 is 5.32 Å². The number of rotatable bonds is 3. The number of nitro groups is 1. The van der Waals surface area contributed by atoms with Crippen molar-refractivity contribution in [3.63, 3.8) is 0 Å². The maximum atomic E-state index is 12.1. The lowest BCUT2D eigenvalue weighted by atomic mass is 9.76. The number of allylic oxidation sites excluding steroid dienone is 2. The van der Waals surface area contributed by atoms with E-state index in [1.807, 2.05) is 31.2 Å². The first-order chi connectivity index (χ1) is 13.0. The molecule has 2 aromatic rings. The molecule has 0 spiro atoms. The number of benzene rings is 2. The fraction of sp³-hybridized carbons (Fsp3) is 0.286. The van der Waals surface area contributed by atoms with Crippen LogP contribution in [-0.4, -0.2) is 18.0 Å². The summed E-state index contributed by atoms with van der Waals surface area (Å²) < 4.78 is 4.90. The van der Waals surface area contributed by atoms with Crippen LogP contribution in [0.2, 0.25) is 0 Å². The number of esters is 1. The predicted octanol–water partition coefficient (Wildman–Crippen LogP) is 4.52. The molecule has 0 radical (unpaired) electrons. The summed E-state index contributed by atoms with van der Waals surface area (Å²) >= 11 is 0. The molecule has 0 saturated carbocycles. The molecule has 0 amide bonds. The summed E-state index contributed by atoms with van der Waals surface area (Å²) in [5.41, 5.74) is 4.63. The molecule has 3 atom stereocenters. The van der Waals surface area contributed by atoms with E-state index in [2.05, 4.69) is 17.5 Å². The van der Waals surface area contributed by atoms with Gasteiger partial charge in [-0.25, -0.2) is 4.79 Å². The van der Waals surface area contributed by atoms with Crippen LogP contribution in [-0.2, 0) is 4.74 Å². The van der Waals surface area contributed by atoms with Crippen molar-refractivity contribution in [1.29, 1.82) is 0 Å². The minimum Gasteiger partial charge on any atom is -0.465 e. The van der Waals surface area contributed by atoms with Gasteiger partial charge in [0.2, 0.25) is 0 Å². The number of nitro benzene ring substituents is 1. The number of carbonyl (C=O) groups is 1. The monoisotopic (exact) mass is 364 g/mol. The summed E-state index contributed by atoms with van der Waals surface area (Å²) in [5, 5.41) is 14.5. The van der Waals surface area contributed by atoms with Crippen molar-refractivity contribution in [3.05, 3.63) is 80.9 Å². The van der Waals surface area contributed by atoms with E-state index in [-0.39, 0.29) is 28.5 Å². The molecule has 1 heterocycles. The molecular formula is C21H20N2O4. The number of fused-ring (bicyclic) bond motifs is 3. The largest absolute Gasteiger partial charge is 0.465 e. The minimum absolute atomic E-state index is 0.0184. The van der Waals surface area contributed by atoms with E-state index in [0.29, 0.717) is 11.5 Å². The zero-order valence-corrected chi connectivity index (χ0v) is 15.1. The van der Waals surface area contributed by atoms with E-state index < -0.39 is 0 Å². The molecule has 0 unspecified atom stereocenters. The lowest BCUT2D eigenvalue weighted by Crippen LogP contribution is -2.30. The van der Waals surface area contributed by atoms with Gasteiger partial charge in [-0.15, -0.1) is 0 Å². The Balaban J connectivity index is 1.77. The first-order valence-corrected chi connectivity index (χ1v) is 8.90. The quantitative estimate of drug-likeness (QED) is 0.375. The van der Waals surface area contributed by atoms with E-state index in [0.717, 1.165) is 23.2 Å².